The zero-order valence-corrected chi connectivity index (χ0v) is 7.15. The number of fused-ring (bicyclic) bond motifs is 1. The Morgan fingerprint density at radius 3 is 3.15 bits per heavy atom. The molecule has 0 unspecified atom stereocenters. The SMILES string of the molecule is CC(=O)Cc1cnc2ocnc2c1. The van der Waals surface area contributed by atoms with Crippen LogP contribution in [0.5, 0.6) is 0 Å². The fourth-order valence-electron chi connectivity index (χ4n) is 1.18. The van der Waals surface area contributed by atoms with Crippen molar-refractivity contribution >= 4 is 17.0 Å². The second-order valence-electron chi connectivity index (χ2n) is 2.90. The second-order valence-corrected chi connectivity index (χ2v) is 2.90. The highest BCUT2D eigenvalue weighted by atomic mass is 16.3. The van der Waals surface area contributed by atoms with Crippen molar-refractivity contribution in [1.29, 1.82) is 0 Å². The summed E-state index contributed by atoms with van der Waals surface area (Å²) in [6.07, 6.45) is 3.37. The third-order valence-corrected chi connectivity index (χ3v) is 1.70. The summed E-state index contributed by atoms with van der Waals surface area (Å²) in [5, 5.41) is 0. The largest absolute Gasteiger partial charge is 0.425 e. The van der Waals surface area contributed by atoms with Gasteiger partial charge in [0.25, 0.3) is 0 Å². The topological polar surface area (TPSA) is 56.0 Å². The number of aromatic nitrogens is 2. The lowest BCUT2D eigenvalue weighted by atomic mass is 10.1. The molecule has 13 heavy (non-hydrogen) atoms. The molecular weight excluding hydrogens is 168 g/mol. The molecule has 0 bridgehead atoms. The van der Waals surface area contributed by atoms with E-state index in [1.54, 1.807) is 13.1 Å². The number of nitrogens with zero attached hydrogens (tertiary/aromatic N) is 2. The molecule has 66 valence electrons. The zero-order valence-electron chi connectivity index (χ0n) is 7.15. The predicted molar refractivity (Wildman–Crippen MR) is 46.2 cm³/mol. The molecular formula is C9H8N2O2. The van der Waals surface area contributed by atoms with Gasteiger partial charge in [-0.2, -0.15) is 0 Å². The molecule has 0 amide bonds. The third-order valence-electron chi connectivity index (χ3n) is 1.70. The summed E-state index contributed by atoms with van der Waals surface area (Å²) in [4.78, 5) is 18.8. The number of carbonyl (C=O) groups is 1. The van der Waals surface area contributed by atoms with Crippen molar-refractivity contribution in [2.45, 2.75) is 13.3 Å². The van der Waals surface area contributed by atoms with Gasteiger partial charge in [0.1, 0.15) is 11.3 Å². The Morgan fingerprint density at radius 2 is 2.38 bits per heavy atom. The van der Waals surface area contributed by atoms with E-state index in [2.05, 4.69) is 9.97 Å². The lowest BCUT2D eigenvalue weighted by Gasteiger charge is -1.94. The fourth-order valence-corrected chi connectivity index (χ4v) is 1.18. The van der Waals surface area contributed by atoms with Crippen LogP contribution in [0.4, 0.5) is 0 Å². The number of carbonyl (C=O) groups excluding carboxylic acids is 1. The second kappa shape index (κ2) is 2.97. The van der Waals surface area contributed by atoms with E-state index in [1.165, 1.54) is 6.39 Å². The van der Waals surface area contributed by atoms with Crippen LogP contribution in [0.1, 0.15) is 12.5 Å². The average Bonchev–Trinajstić information content (AvgIpc) is 2.49. The number of oxazole rings is 1. The number of hydrogen-bond acceptors (Lipinski definition) is 4. The smallest absolute Gasteiger partial charge is 0.246 e. The maximum absolute atomic E-state index is 10.8. The van der Waals surface area contributed by atoms with Crippen molar-refractivity contribution in [3.63, 3.8) is 0 Å². The summed E-state index contributed by atoms with van der Waals surface area (Å²) in [5.74, 6) is 0.115. The average molecular weight is 176 g/mol. The van der Waals surface area contributed by atoms with E-state index in [1.807, 2.05) is 6.07 Å². The number of hydrogen-bond donors (Lipinski definition) is 0. The van der Waals surface area contributed by atoms with Crippen molar-refractivity contribution in [2.24, 2.45) is 0 Å². The first-order valence-electron chi connectivity index (χ1n) is 3.93. The monoisotopic (exact) mass is 176 g/mol. The molecule has 2 aromatic heterocycles. The van der Waals surface area contributed by atoms with E-state index in [4.69, 9.17) is 4.42 Å². The van der Waals surface area contributed by atoms with E-state index in [0.717, 1.165) is 5.56 Å². The molecule has 0 N–H and O–H groups in total. The third kappa shape index (κ3) is 1.56. The summed E-state index contributed by atoms with van der Waals surface area (Å²) < 4.78 is 4.97. The van der Waals surface area contributed by atoms with Gasteiger partial charge in [-0.1, -0.05) is 0 Å². The van der Waals surface area contributed by atoms with Gasteiger partial charge in [0.15, 0.2) is 6.39 Å². The normalized spacial score (nSPS) is 10.5. The Bertz CT molecular complexity index is 448. The summed E-state index contributed by atoms with van der Waals surface area (Å²) in [5.41, 5.74) is 2.07. The van der Waals surface area contributed by atoms with Crippen LogP contribution in [0.2, 0.25) is 0 Å². The van der Waals surface area contributed by atoms with Gasteiger partial charge in [0.05, 0.1) is 0 Å². The first-order valence-corrected chi connectivity index (χ1v) is 3.93. The van der Waals surface area contributed by atoms with Gasteiger partial charge >= 0.3 is 0 Å². The van der Waals surface area contributed by atoms with Gasteiger partial charge < -0.3 is 4.42 Å². The van der Waals surface area contributed by atoms with Crippen LogP contribution in [0.25, 0.3) is 11.2 Å². The molecule has 2 heterocycles. The molecule has 0 spiro atoms. The van der Waals surface area contributed by atoms with E-state index in [0.29, 0.717) is 17.7 Å². The number of rotatable bonds is 2. The van der Waals surface area contributed by atoms with Gasteiger partial charge in [-0.3, -0.25) is 4.79 Å². The van der Waals surface area contributed by atoms with Crippen LogP contribution in [0, 0.1) is 0 Å². The number of ketones is 1. The van der Waals surface area contributed by atoms with Crippen LogP contribution < -0.4 is 0 Å². The summed E-state index contributed by atoms with van der Waals surface area (Å²) in [6, 6.07) is 1.81. The molecule has 4 heteroatoms. The Morgan fingerprint density at radius 1 is 1.54 bits per heavy atom. The van der Waals surface area contributed by atoms with Crippen LogP contribution >= 0.6 is 0 Å². The molecule has 0 atom stereocenters. The molecule has 0 aromatic carbocycles. The molecule has 0 aliphatic rings. The lowest BCUT2D eigenvalue weighted by Crippen LogP contribution is -1.96. The lowest BCUT2D eigenvalue weighted by molar-refractivity contribution is -0.116. The minimum atomic E-state index is 0.115. The highest BCUT2D eigenvalue weighted by Crippen LogP contribution is 2.11. The molecule has 0 saturated heterocycles. The Kier molecular flexibility index (Phi) is 1.81. The van der Waals surface area contributed by atoms with Crippen molar-refractivity contribution in [3.05, 3.63) is 24.2 Å². The minimum absolute atomic E-state index is 0.115. The fraction of sp³-hybridized carbons (Fsp3) is 0.222. The zero-order chi connectivity index (χ0) is 9.26. The van der Waals surface area contributed by atoms with Crippen molar-refractivity contribution in [2.75, 3.05) is 0 Å². The molecule has 0 fully saturated rings. The van der Waals surface area contributed by atoms with Crippen LogP contribution in [-0.4, -0.2) is 15.8 Å². The number of Topliss-reactive ketones (excluding diaryl/α,β-unsaturated/α-hetero) is 1. The first kappa shape index (κ1) is 7.91. The minimum Gasteiger partial charge on any atom is -0.425 e. The van der Waals surface area contributed by atoms with Crippen molar-refractivity contribution in [1.82, 2.24) is 9.97 Å². The first-order chi connectivity index (χ1) is 6.25. The van der Waals surface area contributed by atoms with E-state index < -0.39 is 0 Å². The van der Waals surface area contributed by atoms with E-state index >= 15 is 0 Å². The van der Waals surface area contributed by atoms with Crippen LogP contribution in [-0.2, 0) is 11.2 Å². The Hall–Kier alpha value is -1.71. The van der Waals surface area contributed by atoms with E-state index in [-0.39, 0.29) is 5.78 Å². The maximum atomic E-state index is 10.8. The van der Waals surface area contributed by atoms with Crippen LogP contribution in [0.3, 0.4) is 0 Å². The summed E-state index contributed by atoms with van der Waals surface area (Å²) in [7, 11) is 0. The van der Waals surface area contributed by atoms with Crippen molar-refractivity contribution < 1.29 is 9.21 Å². The van der Waals surface area contributed by atoms with Gasteiger partial charge in [0.2, 0.25) is 5.71 Å². The highest BCUT2D eigenvalue weighted by Gasteiger charge is 2.03. The maximum Gasteiger partial charge on any atom is 0.246 e. The molecule has 0 aliphatic heterocycles. The predicted octanol–water partition coefficient (Wildman–Crippen LogP) is 1.35. The molecule has 0 aliphatic carbocycles. The molecule has 2 rings (SSSR count). The Balaban J connectivity index is 2.42. The van der Waals surface area contributed by atoms with Gasteiger partial charge in [-0.05, 0) is 18.6 Å². The quantitative estimate of drug-likeness (QED) is 0.693. The van der Waals surface area contributed by atoms with Gasteiger partial charge in [0, 0.05) is 12.6 Å². The van der Waals surface area contributed by atoms with Crippen LogP contribution in [0.15, 0.2) is 23.1 Å². The van der Waals surface area contributed by atoms with E-state index in [9.17, 15) is 4.79 Å². The van der Waals surface area contributed by atoms with Gasteiger partial charge in [-0.25, -0.2) is 9.97 Å². The molecule has 0 radical (unpaired) electrons. The standard InChI is InChI=1S/C9H8N2O2/c1-6(12)2-7-3-8-9(10-4-7)13-5-11-8/h3-5H,2H2,1H3. The summed E-state index contributed by atoms with van der Waals surface area (Å²) >= 11 is 0. The summed E-state index contributed by atoms with van der Waals surface area (Å²) in [6.45, 7) is 1.55. The number of pyridine rings is 1. The highest BCUT2D eigenvalue weighted by molar-refractivity contribution is 5.79. The molecule has 4 nitrogen and oxygen atoms in total. The molecule has 0 saturated carbocycles. The Labute approximate surface area is 74.6 Å². The van der Waals surface area contributed by atoms with Crippen molar-refractivity contribution in [3.8, 4) is 0 Å². The van der Waals surface area contributed by atoms with Gasteiger partial charge in [-0.15, -0.1) is 0 Å². The molecule has 2 aromatic rings.